The predicted molar refractivity (Wildman–Crippen MR) is 86.6 cm³/mol. The summed E-state index contributed by atoms with van der Waals surface area (Å²) in [5.41, 5.74) is 1.04. The highest BCUT2D eigenvalue weighted by atomic mass is 32.2. The minimum absolute atomic E-state index is 0.0844. The second kappa shape index (κ2) is 7.25. The molecular formula is C16H24N2O4S. The van der Waals surface area contributed by atoms with Crippen LogP contribution in [0.3, 0.4) is 0 Å². The van der Waals surface area contributed by atoms with E-state index in [1.807, 2.05) is 12.1 Å². The molecule has 0 N–H and O–H groups in total. The zero-order valence-electron chi connectivity index (χ0n) is 13.4. The summed E-state index contributed by atoms with van der Waals surface area (Å²) in [6, 6.07) is 3.71. The number of ether oxygens (including phenoxy) is 2. The van der Waals surface area contributed by atoms with Gasteiger partial charge in [-0.05, 0) is 37.3 Å². The van der Waals surface area contributed by atoms with Crippen molar-refractivity contribution in [1.82, 2.24) is 9.29 Å². The Bertz CT molecular complexity index is 604. The van der Waals surface area contributed by atoms with E-state index >= 15 is 0 Å². The van der Waals surface area contributed by atoms with E-state index in [-0.39, 0.29) is 17.4 Å². The van der Waals surface area contributed by atoms with E-state index in [4.69, 9.17) is 9.47 Å². The highest BCUT2D eigenvalue weighted by Gasteiger charge is 2.47. The van der Waals surface area contributed by atoms with Crippen molar-refractivity contribution in [3.8, 4) is 0 Å². The summed E-state index contributed by atoms with van der Waals surface area (Å²) in [6.07, 6.45) is 6.38. The van der Waals surface area contributed by atoms with E-state index in [2.05, 4.69) is 4.98 Å². The molecule has 0 spiro atoms. The van der Waals surface area contributed by atoms with Gasteiger partial charge < -0.3 is 9.47 Å². The lowest BCUT2D eigenvalue weighted by Crippen LogP contribution is -2.43. The molecule has 0 aromatic carbocycles. The number of pyridine rings is 1. The van der Waals surface area contributed by atoms with Crippen molar-refractivity contribution >= 4 is 10.0 Å². The van der Waals surface area contributed by atoms with Gasteiger partial charge in [0.05, 0.1) is 30.6 Å². The summed E-state index contributed by atoms with van der Waals surface area (Å²) in [4.78, 5) is 4.13. The van der Waals surface area contributed by atoms with E-state index in [0.29, 0.717) is 26.2 Å². The van der Waals surface area contributed by atoms with Crippen LogP contribution in [0.15, 0.2) is 24.5 Å². The van der Waals surface area contributed by atoms with Crippen LogP contribution in [-0.4, -0.2) is 62.0 Å². The molecule has 2 heterocycles. The van der Waals surface area contributed by atoms with Crippen molar-refractivity contribution in [3.63, 3.8) is 0 Å². The highest BCUT2D eigenvalue weighted by Crippen LogP contribution is 2.36. The maximum absolute atomic E-state index is 12.7. The third kappa shape index (κ3) is 3.91. The monoisotopic (exact) mass is 340 g/mol. The molecule has 1 saturated carbocycles. The van der Waals surface area contributed by atoms with Gasteiger partial charge in [0.1, 0.15) is 0 Å². The van der Waals surface area contributed by atoms with E-state index in [9.17, 15) is 8.42 Å². The molecule has 1 aliphatic carbocycles. The Labute approximate surface area is 137 Å². The number of aromatic nitrogens is 1. The zero-order valence-corrected chi connectivity index (χ0v) is 14.2. The van der Waals surface area contributed by atoms with Gasteiger partial charge in [-0.15, -0.1) is 0 Å². The van der Waals surface area contributed by atoms with Gasteiger partial charge >= 0.3 is 0 Å². The summed E-state index contributed by atoms with van der Waals surface area (Å²) in [7, 11) is -1.56. The Morgan fingerprint density at radius 2 is 2.13 bits per heavy atom. The maximum Gasteiger partial charge on any atom is 0.217 e. The smallest absolute Gasteiger partial charge is 0.217 e. The largest absolute Gasteiger partial charge is 0.382 e. The Balaban J connectivity index is 1.75. The molecular weight excluding hydrogens is 316 g/mol. The van der Waals surface area contributed by atoms with Crippen molar-refractivity contribution in [2.24, 2.45) is 0 Å². The Kier molecular flexibility index (Phi) is 5.31. The van der Waals surface area contributed by atoms with Crippen LogP contribution < -0.4 is 0 Å². The molecule has 128 valence electrons. The summed E-state index contributed by atoms with van der Waals surface area (Å²) in [5, 5.41) is -0.184. The SMILES string of the molecule is COCCO[C@@H]1CCN(S(=O)(=O)C2CC2)[C@@H]1Cc1cccnc1. The van der Waals surface area contributed by atoms with Crippen LogP contribution in [0.1, 0.15) is 24.8 Å². The van der Waals surface area contributed by atoms with Gasteiger partial charge in [0.25, 0.3) is 0 Å². The molecule has 2 fully saturated rings. The number of hydrogen-bond donors (Lipinski definition) is 0. The number of nitrogens with zero attached hydrogens (tertiary/aromatic N) is 2. The molecule has 3 rings (SSSR count). The fourth-order valence-corrected chi connectivity index (χ4v) is 5.20. The Morgan fingerprint density at radius 1 is 1.30 bits per heavy atom. The first-order chi connectivity index (χ1) is 11.1. The van der Waals surface area contributed by atoms with Crippen LogP contribution >= 0.6 is 0 Å². The maximum atomic E-state index is 12.7. The first kappa shape index (κ1) is 16.8. The van der Waals surface area contributed by atoms with Crippen molar-refractivity contribution < 1.29 is 17.9 Å². The van der Waals surface area contributed by atoms with Crippen molar-refractivity contribution in [3.05, 3.63) is 30.1 Å². The summed E-state index contributed by atoms with van der Waals surface area (Å²) in [6.45, 7) is 1.55. The van der Waals surface area contributed by atoms with Crippen molar-refractivity contribution in [2.75, 3.05) is 26.9 Å². The molecule has 0 radical (unpaired) electrons. The van der Waals surface area contributed by atoms with Crippen LogP contribution in [0.25, 0.3) is 0 Å². The summed E-state index contributed by atoms with van der Waals surface area (Å²) in [5.74, 6) is 0. The number of methoxy groups -OCH3 is 1. The second-order valence-corrected chi connectivity index (χ2v) is 8.34. The van der Waals surface area contributed by atoms with Crippen LogP contribution in [0.5, 0.6) is 0 Å². The van der Waals surface area contributed by atoms with Gasteiger partial charge in [0.15, 0.2) is 0 Å². The normalized spacial score (nSPS) is 25.8. The molecule has 0 amide bonds. The molecule has 0 bridgehead atoms. The lowest BCUT2D eigenvalue weighted by atomic mass is 10.0. The van der Waals surface area contributed by atoms with Crippen LogP contribution in [0.4, 0.5) is 0 Å². The zero-order chi connectivity index (χ0) is 16.3. The summed E-state index contributed by atoms with van der Waals surface area (Å²) >= 11 is 0. The lowest BCUT2D eigenvalue weighted by Gasteiger charge is -2.27. The fraction of sp³-hybridized carbons (Fsp3) is 0.688. The van der Waals surface area contributed by atoms with E-state index < -0.39 is 10.0 Å². The quantitative estimate of drug-likeness (QED) is 0.666. The molecule has 1 aliphatic heterocycles. The van der Waals surface area contributed by atoms with Gasteiger partial charge in [-0.3, -0.25) is 4.98 Å². The van der Waals surface area contributed by atoms with Crippen LogP contribution in [-0.2, 0) is 25.9 Å². The lowest BCUT2D eigenvalue weighted by molar-refractivity contribution is 0.00635. The van der Waals surface area contributed by atoms with Gasteiger partial charge in [0.2, 0.25) is 10.0 Å². The molecule has 2 atom stereocenters. The van der Waals surface area contributed by atoms with Crippen LogP contribution in [0, 0.1) is 0 Å². The molecule has 6 nitrogen and oxygen atoms in total. The third-order valence-corrected chi connectivity index (χ3v) is 6.91. The Morgan fingerprint density at radius 3 is 2.78 bits per heavy atom. The molecule has 7 heteroatoms. The Hall–Kier alpha value is -1.02. The molecule has 1 aromatic rings. The molecule has 1 saturated heterocycles. The number of sulfonamides is 1. The molecule has 1 aromatic heterocycles. The minimum atomic E-state index is -3.20. The topological polar surface area (TPSA) is 68.7 Å². The van der Waals surface area contributed by atoms with Gasteiger partial charge in [-0.1, -0.05) is 6.07 Å². The van der Waals surface area contributed by atoms with Crippen molar-refractivity contribution in [2.45, 2.75) is 43.1 Å². The molecule has 2 aliphatic rings. The van der Waals surface area contributed by atoms with E-state index in [1.165, 1.54) is 0 Å². The van der Waals surface area contributed by atoms with Gasteiger partial charge in [-0.2, -0.15) is 4.31 Å². The first-order valence-electron chi connectivity index (χ1n) is 8.13. The predicted octanol–water partition coefficient (Wildman–Crippen LogP) is 1.22. The van der Waals surface area contributed by atoms with Gasteiger partial charge in [-0.25, -0.2) is 8.42 Å². The van der Waals surface area contributed by atoms with E-state index in [0.717, 1.165) is 24.8 Å². The number of hydrogen-bond acceptors (Lipinski definition) is 5. The highest BCUT2D eigenvalue weighted by molar-refractivity contribution is 7.90. The van der Waals surface area contributed by atoms with E-state index in [1.54, 1.807) is 23.8 Å². The summed E-state index contributed by atoms with van der Waals surface area (Å²) < 4.78 is 38.0. The van der Waals surface area contributed by atoms with Crippen LogP contribution in [0.2, 0.25) is 0 Å². The third-order valence-electron chi connectivity index (χ3n) is 4.49. The number of rotatable bonds is 8. The van der Waals surface area contributed by atoms with Gasteiger partial charge in [0, 0.05) is 26.0 Å². The first-order valence-corrected chi connectivity index (χ1v) is 9.63. The second-order valence-electron chi connectivity index (χ2n) is 6.18. The fourth-order valence-electron chi connectivity index (χ4n) is 3.14. The molecule has 23 heavy (non-hydrogen) atoms. The van der Waals surface area contributed by atoms with Crippen molar-refractivity contribution in [1.29, 1.82) is 0 Å². The average Bonchev–Trinajstić information content (AvgIpc) is 3.33. The average molecular weight is 340 g/mol. The molecule has 0 unspecified atom stereocenters. The standard InChI is InChI=1S/C16H24N2O4S/c1-21-9-10-22-16-6-8-18(23(19,20)14-4-5-14)15(16)11-13-3-2-7-17-12-13/h2-3,7,12,14-16H,4-6,8-11H2,1H3/t15-,16-/m1/s1. The minimum Gasteiger partial charge on any atom is -0.382 e.